The van der Waals surface area contributed by atoms with Crippen LogP contribution in [0.25, 0.3) is 11.1 Å². The largest absolute Gasteiger partial charge is 0.451 e. The number of amides is 1. The molecule has 0 atom stereocenters. The first-order chi connectivity index (χ1) is 13.5. The molecule has 1 N–H and O–H groups in total. The van der Waals surface area contributed by atoms with E-state index in [-0.39, 0.29) is 5.02 Å². The number of nitrogens with one attached hydrogen (secondary N) is 1. The topological polar surface area (TPSA) is 79.2 Å². The van der Waals surface area contributed by atoms with Crippen molar-refractivity contribution in [1.82, 2.24) is 0 Å². The Morgan fingerprint density at radius 2 is 1.93 bits per heavy atom. The average molecular weight is 411 g/mol. The molecule has 0 unspecified atom stereocenters. The van der Waals surface area contributed by atoms with Gasteiger partial charge in [0.15, 0.2) is 6.61 Å². The summed E-state index contributed by atoms with van der Waals surface area (Å²) < 4.78 is 5.16. The van der Waals surface area contributed by atoms with E-state index in [9.17, 15) is 9.59 Å². The van der Waals surface area contributed by atoms with Crippen LogP contribution in [0.3, 0.4) is 0 Å². The molecule has 0 aliphatic carbocycles. The zero-order valence-electron chi connectivity index (χ0n) is 14.9. The number of hydrogen-bond acceptors (Lipinski definition) is 5. The molecule has 5 nitrogen and oxygen atoms in total. The van der Waals surface area contributed by atoms with Crippen molar-refractivity contribution in [2.24, 2.45) is 0 Å². The number of benzene rings is 2. The molecular formula is C21H15ClN2O3S. The first-order valence-corrected chi connectivity index (χ1v) is 9.55. The Morgan fingerprint density at radius 3 is 2.61 bits per heavy atom. The van der Waals surface area contributed by atoms with Crippen LogP contribution >= 0.6 is 22.9 Å². The molecule has 1 heterocycles. The van der Waals surface area contributed by atoms with Crippen LogP contribution in [0.1, 0.15) is 20.8 Å². The molecule has 0 fully saturated rings. The SMILES string of the molecule is Cc1ccc(-c2ccsc2C(=O)OCC(=O)Nc2ccc(C#N)c(Cl)c2)cc1. The van der Waals surface area contributed by atoms with Crippen LogP contribution in [0.4, 0.5) is 5.69 Å². The third kappa shape index (κ3) is 4.58. The van der Waals surface area contributed by atoms with Gasteiger partial charge in [-0.3, -0.25) is 4.79 Å². The predicted molar refractivity (Wildman–Crippen MR) is 110 cm³/mol. The van der Waals surface area contributed by atoms with Gasteiger partial charge in [-0.1, -0.05) is 41.4 Å². The van der Waals surface area contributed by atoms with Gasteiger partial charge in [0.1, 0.15) is 10.9 Å². The fraction of sp³-hybridized carbons (Fsp3) is 0.0952. The molecule has 0 saturated heterocycles. The smallest absolute Gasteiger partial charge is 0.349 e. The number of nitrogens with zero attached hydrogens (tertiary/aromatic N) is 1. The lowest BCUT2D eigenvalue weighted by Crippen LogP contribution is -2.20. The predicted octanol–water partition coefficient (Wildman–Crippen LogP) is 5.04. The molecule has 0 radical (unpaired) electrons. The number of carbonyl (C=O) groups is 2. The Hall–Kier alpha value is -3.14. The quantitative estimate of drug-likeness (QED) is 0.597. The first-order valence-electron chi connectivity index (χ1n) is 8.29. The zero-order valence-corrected chi connectivity index (χ0v) is 16.4. The van der Waals surface area contributed by atoms with Crippen molar-refractivity contribution in [2.75, 3.05) is 11.9 Å². The standard InChI is InChI=1S/C21H15ClN2O3S/c1-13-2-4-14(5-3-13)17-8-9-28-20(17)21(26)27-12-19(25)24-16-7-6-15(11-23)18(22)10-16/h2-10H,12H2,1H3,(H,24,25). The summed E-state index contributed by atoms with van der Waals surface area (Å²) in [5, 5.41) is 13.5. The van der Waals surface area contributed by atoms with E-state index in [1.54, 1.807) is 6.07 Å². The van der Waals surface area contributed by atoms with Gasteiger partial charge < -0.3 is 10.1 Å². The number of rotatable bonds is 5. The van der Waals surface area contributed by atoms with Gasteiger partial charge >= 0.3 is 5.97 Å². The maximum atomic E-state index is 12.4. The molecule has 0 aliphatic heterocycles. The minimum atomic E-state index is -0.557. The van der Waals surface area contributed by atoms with Gasteiger partial charge in [-0.2, -0.15) is 5.26 Å². The van der Waals surface area contributed by atoms with Crippen molar-refractivity contribution >= 4 is 40.5 Å². The second kappa shape index (κ2) is 8.70. The number of ether oxygens (including phenoxy) is 1. The second-order valence-electron chi connectivity index (χ2n) is 5.96. The maximum absolute atomic E-state index is 12.4. The van der Waals surface area contributed by atoms with Gasteiger partial charge in [0.2, 0.25) is 0 Å². The molecule has 140 valence electrons. The Labute approximate surface area is 171 Å². The molecule has 3 rings (SSSR count). The lowest BCUT2D eigenvalue weighted by molar-refractivity contribution is -0.119. The van der Waals surface area contributed by atoms with Crippen LogP contribution in [-0.2, 0) is 9.53 Å². The molecule has 3 aromatic rings. The molecule has 2 aromatic carbocycles. The van der Waals surface area contributed by atoms with Crippen molar-refractivity contribution in [3.05, 3.63) is 74.9 Å². The molecular weight excluding hydrogens is 396 g/mol. The van der Waals surface area contributed by atoms with Gasteiger partial charge in [-0.05, 0) is 42.1 Å². The molecule has 28 heavy (non-hydrogen) atoms. The molecule has 1 amide bonds. The molecule has 0 spiro atoms. The highest BCUT2D eigenvalue weighted by molar-refractivity contribution is 7.12. The minimum Gasteiger partial charge on any atom is -0.451 e. The highest BCUT2D eigenvalue weighted by Crippen LogP contribution is 2.29. The number of esters is 1. The summed E-state index contributed by atoms with van der Waals surface area (Å²) in [5.74, 6) is -1.05. The summed E-state index contributed by atoms with van der Waals surface area (Å²) in [7, 11) is 0. The Kier molecular flexibility index (Phi) is 6.09. The lowest BCUT2D eigenvalue weighted by atomic mass is 10.1. The highest BCUT2D eigenvalue weighted by Gasteiger charge is 2.17. The summed E-state index contributed by atoms with van der Waals surface area (Å²) in [6.45, 7) is 1.56. The fourth-order valence-electron chi connectivity index (χ4n) is 2.51. The number of thiophene rings is 1. The number of carbonyl (C=O) groups excluding carboxylic acids is 2. The van der Waals surface area contributed by atoms with Crippen molar-refractivity contribution in [3.8, 4) is 17.2 Å². The summed E-state index contributed by atoms with van der Waals surface area (Å²) in [6.07, 6.45) is 0. The lowest BCUT2D eigenvalue weighted by Gasteiger charge is -2.08. The summed E-state index contributed by atoms with van der Waals surface area (Å²) in [5.41, 5.74) is 3.54. The van der Waals surface area contributed by atoms with Crippen molar-refractivity contribution < 1.29 is 14.3 Å². The van der Waals surface area contributed by atoms with E-state index in [2.05, 4.69) is 5.32 Å². The fourth-order valence-corrected chi connectivity index (χ4v) is 3.54. The monoisotopic (exact) mass is 410 g/mol. The summed E-state index contributed by atoms with van der Waals surface area (Å²) >= 11 is 7.20. The molecule has 1 aromatic heterocycles. The average Bonchev–Trinajstić information content (AvgIpc) is 3.17. The number of aryl methyl sites for hydroxylation is 1. The third-order valence-corrected chi connectivity index (χ3v) is 5.13. The number of anilines is 1. The summed E-state index contributed by atoms with van der Waals surface area (Å²) in [4.78, 5) is 24.9. The zero-order chi connectivity index (χ0) is 20.1. The van der Waals surface area contributed by atoms with Crippen LogP contribution in [0.2, 0.25) is 5.02 Å². The van der Waals surface area contributed by atoms with Gasteiger partial charge in [0, 0.05) is 11.3 Å². The van der Waals surface area contributed by atoms with Crippen molar-refractivity contribution in [3.63, 3.8) is 0 Å². The van der Waals surface area contributed by atoms with E-state index in [4.69, 9.17) is 21.6 Å². The first kappa shape index (κ1) is 19.6. The number of halogens is 1. The number of nitriles is 1. The Morgan fingerprint density at radius 1 is 1.18 bits per heavy atom. The van der Waals surface area contributed by atoms with Crippen LogP contribution < -0.4 is 5.32 Å². The van der Waals surface area contributed by atoms with E-state index >= 15 is 0 Å². The van der Waals surface area contributed by atoms with Gasteiger partial charge in [0.25, 0.3) is 5.91 Å². The Balaban J connectivity index is 1.62. The normalized spacial score (nSPS) is 10.2. The van der Waals surface area contributed by atoms with E-state index in [1.807, 2.05) is 48.7 Å². The van der Waals surface area contributed by atoms with Gasteiger partial charge in [-0.15, -0.1) is 11.3 Å². The van der Waals surface area contributed by atoms with E-state index in [1.165, 1.54) is 23.5 Å². The number of hydrogen-bond donors (Lipinski definition) is 1. The van der Waals surface area contributed by atoms with Crippen molar-refractivity contribution in [1.29, 1.82) is 5.26 Å². The second-order valence-corrected chi connectivity index (χ2v) is 7.28. The van der Waals surface area contributed by atoms with Crippen molar-refractivity contribution in [2.45, 2.75) is 6.92 Å². The minimum absolute atomic E-state index is 0.235. The molecule has 0 saturated carbocycles. The Bertz CT molecular complexity index is 1070. The van der Waals surface area contributed by atoms with Crippen LogP contribution in [0, 0.1) is 18.3 Å². The van der Waals surface area contributed by atoms with E-state index in [0.29, 0.717) is 16.1 Å². The van der Waals surface area contributed by atoms with E-state index < -0.39 is 18.5 Å². The summed E-state index contributed by atoms with van der Waals surface area (Å²) in [6, 6.07) is 16.1. The van der Waals surface area contributed by atoms with Crippen LogP contribution in [0.15, 0.2) is 53.9 Å². The van der Waals surface area contributed by atoms with Crippen LogP contribution in [-0.4, -0.2) is 18.5 Å². The maximum Gasteiger partial charge on any atom is 0.349 e. The molecule has 0 bridgehead atoms. The molecule has 7 heteroatoms. The third-order valence-electron chi connectivity index (χ3n) is 3.92. The van der Waals surface area contributed by atoms with Gasteiger partial charge in [0.05, 0.1) is 10.6 Å². The highest BCUT2D eigenvalue weighted by atomic mass is 35.5. The van der Waals surface area contributed by atoms with Gasteiger partial charge in [-0.25, -0.2) is 4.79 Å². The van der Waals surface area contributed by atoms with Crippen LogP contribution in [0.5, 0.6) is 0 Å². The molecule has 0 aliphatic rings. The van der Waals surface area contributed by atoms with E-state index in [0.717, 1.165) is 16.7 Å².